The third-order valence-electron chi connectivity index (χ3n) is 2.74. The minimum absolute atomic E-state index is 0.684. The summed E-state index contributed by atoms with van der Waals surface area (Å²) in [5, 5.41) is 0. The SMILES string of the molecule is Cc1cccnc1CN(C)c1ccncc1N. The van der Waals surface area contributed by atoms with Crippen molar-refractivity contribution < 1.29 is 0 Å². The maximum atomic E-state index is 5.89. The van der Waals surface area contributed by atoms with E-state index < -0.39 is 0 Å². The van der Waals surface area contributed by atoms with Crippen LogP contribution in [-0.2, 0) is 6.54 Å². The molecule has 0 aliphatic rings. The molecular weight excluding hydrogens is 212 g/mol. The largest absolute Gasteiger partial charge is 0.396 e. The molecule has 0 saturated heterocycles. The predicted molar refractivity (Wildman–Crippen MR) is 69.7 cm³/mol. The molecule has 4 heteroatoms. The highest BCUT2D eigenvalue weighted by Crippen LogP contribution is 2.21. The maximum Gasteiger partial charge on any atom is 0.0738 e. The van der Waals surface area contributed by atoms with Gasteiger partial charge in [0.1, 0.15) is 0 Å². The fourth-order valence-electron chi connectivity index (χ4n) is 1.74. The Kier molecular flexibility index (Phi) is 3.23. The van der Waals surface area contributed by atoms with Gasteiger partial charge in [-0.15, -0.1) is 0 Å². The van der Waals surface area contributed by atoms with Gasteiger partial charge in [-0.2, -0.15) is 0 Å². The van der Waals surface area contributed by atoms with Crippen molar-refractivity contribution in [2.75, 3.05) is 17.7 Å². The normalized spacial score (nSPS) is 10.2. The monoisotopic (exact) mass is 228 g/mol. The topological polar surface area (TPSA) is 55.0 Å². The van der Waals surface area contributed by atoms with Crippen molar-refractivity contribution in [2.45, 2.75) is 13.5 Å². The molecule has 0 atom stereocenters. The third kappa shape index (κ3) is 2.53. The molecule has 0 spiro atoms. The van der Waals surface area contributed by atoms with E-state index in [1.54, 1.807) is 12.4 Å². The molecule has 0 fully saturated rings. The van der Waals surface area contributed by atoms with Gasteiger partial charge >= 0.3 is 0 Å². The lowest BCUT2D eigenvalue weighted by Crippen LogP contribution is -2.19. The molecule has 0 amide bonds. The lowest BCUT2D eigenvalue weighted by Gasteiger charge is -2.21. The zero-order valence-corrected chi connectivity index (χ0v) is 10.1. The van der Waals surface area contributed by atoms with E-state index in [0.717, 1.165) is 17.9 Å². The van der Waals surface area contributed by atoms with Gasteiger partial charge in [-0.25, -0.2) is 0 Å². The molecule has 2 heterocycles. The van der Waals surface area contributed by atoms with Crippen molar-refractivity contribution in [3.05, 3.63) is 48.0 Å². The zero-order chi connectivity index (χ0) is 12.3. The van der Waals surface area contributed by atoms with Crippen LogP contribution in [0.3, 0.4) is 0 Å². The molecule has 2 rings (SSSR count). The lowest BCUT2D eigenvalue weighted by molar-refractivity contribution is 0.874. The van der Waals surface area contributed by atoms with Gasteiger partial charge in [0.2, 0.25) is 0 Å². The summed E-state index contributed by atoms with van der Waals surface area (Å²) in [6, 6.07) is 5.92. The minimum atomic E-state index is 0.684. The molecule has 0 aromatic carbocycles. The Morgan fingerprint density at radius 2 is 2.12 bits per heavy atom. The van der Waals surface area contributed by atoms with E-state index in [-0.39, 0.29) is 0 Å². The average Bonchev–Trinajstić information content (AvgIpc) is 2.32. The number of aryl methyl sites for hydroxylation is 1. The van der Waals surface area contributed by atoms with Crippen molar-refractivity contribution in [1.82, 2.24) is 9.97 Å². The smallest absolute Gasteiger partial charge is 0.0738 e. The second-order valence-corrected chi connectivity index (χ2v) is 4.06. The highest BCUT2D eigenvalue weighted by Gasteiger charge is 2.07. The van der Waals surface area contributed by atoms with Crippen molar-refractivity contribution in [1.29, 1.82) is 0 Å². The average molecular weight is 228 g/mol. The number of nitrogen functional groups attached to an aromatic ring is 1. The Labute approximate surface area is 101 Å². The number of nitrogens with zero attached hydrogens (tertiary/aromatic N) is 3. The lowest BCUT2D eigenvalue weighted by atomic mass is 10.2. The first-order chi connectivity index (χ1) is 8.18. The van der Waals surface area contributed by atoms with Crippen LogP contribution in [0.5, 0.6) is 0 Å². The first-order valence-electron chi connectivity index (χ1n) is 5.49. The van der Waals surface area contributed by atoms with Gasteiger partial charge in [0.15, 0.2) is 0 Å². The summed E-state index contributed by atoms with van der Waals surface area (Å²) in [6.07, 6.45) is 5.22. The van der Waals surface area contributed by atoms with Crippen LogP contribution >= 0.6 is 0 Å². The van der Waals surface area contributed by atoms with Gasteiger partial charge in [-0.3, -0.25) is 9.97 Å². The molecule has 0 bridgehead atoms. The zero-order valence-electron chi connectivity index (χ0n) is 10.1. The number of hydrogen-bond donors (Lipinski definition) is 1. The van der Waals surface area contributed by atoms with Crippen molar-refractivity contribution in [2.24, 2.45) is 0 Å². The van der Waals surface area contributed by atoms with Crippen LogP contribution < -0.4 is 10.6 Å². The minimum Gasteiger partial charge on any atom is -0.396 e. The second-order valence-electron chi connectivity index (χ2n) is 4.06. The van der Waals surface area contributed by atoms with Crippen LogP contribution in [0.1, 0.15) is 11.3 Å². The first-order valence-corrected chi connectivity index (χ1v) is 5.49. The molecule has 88 valence electrons. The van der Waals surface area contributed by atoms with Crippen molar-refractivity contribution in [3.63, 3.8) is 0 Å². The quantitative estimate of drug-likeness (QED) is 0.873. The summed E-state index contributed by atoms with van der Waals surface area (Å²) in [6.45, 7) is 2.80. The maximum absolute atomic E-state index is 5.89. The van der Waals surface area contributed by atoms with Gasteiger partial charge in [0, 0.05) is 19.4 Å². The molecule has 2 N–H and O–H groups in total. The molecule has 17 heavy (non-hydrogen) atoms. The number of anilines is 2. The van der Waals surface area contributed by atoms with Crippen molar-refractivity contribution in [3.8, 4) is 0 Å². The van der Waals surface area contributed by atoms with Gasteiger partial charge in [0.05, 0.1) is 29.8 Å². The Bertz CT molecular complexity index is 510. The van der Waals surface area contributed by atoms with Crippen LogP contribution in [0, 0.1) is 6.92 Å². The number of nitrogens with two attached hydrogens (primary N) is 1. The van der Waals surface area contributed by atoms with Crippen LogP contribution in [0.2, 0.25) is 0 Å². The van der Waals surface area contributed by atoms with E-state index in [4.69, 9.17) is 5.73 Å². The van der Waals surface area contributed by atoms with Gasteiger partial charge in [-0.1, -0.05) is 6.07 Å². The standard InChI is InChI=1S/C13H16N4/c1-10-4-3-6-16-12(10)9-17(2)13-5-7-15-8-11(13)14/h3-8H,9,14H2,1-2H3. The summed E-state index contributed by atoms with van der Waals surface area (Å²) >= 11 is 0. The van der Waals surface area contributed by atoms with E-state index in [9.17, 15) is 0 Å². The molecule has 0 saturated carbocycles. The Morgan fingerprint density at radius 1 is 1.29 bits per heavy atom. The molecular formula is C13H16N4. The third-order valence-corrected chi connectivity index (χ3v) is 2.74. The summed E-state index contributed by atoms with van der Waals surface area (Å²) in [5.41, 5.74) is 9.80. The van der Waals surface area contributed by atoms with E-state index in [0.29, 0.717) is 5.69 Å². The van der Waals surface area contributed by atoms with Gasteiger partial charge < -0.3 is 10.6 Å². The molecule has 0 aliphatic carbocycles. The van der Waals surface area contributed by atoms with E-state index in [2.05, 4.69) is 27.9 Å². The van der Waals surface area contributed by atoms with E-state index >= 15 is 0 Å². The molecule has 4 nitrogen and oxygen atoms in total. The summed E-state index contributed by atoms with van der Waals surface area (Å²) < 4.78 is 0. The number of rotatable bonds is 3. The number of hydrogen-bond acceptors (Lipinski definition) is 4. The summed E-state index contributed by atoms with van der Waals surface area (Å²) in [7, 11) is 2.00. The Balaban J connectivity index is 2.20. The molecule has 2 aromatic heterocycles. The molecule has 0 aliphatic heterocycles. The summed E-state index contributed by atoms with van der Waals surface area (Å²) in [5.74, 6) is 0. The predicted octanol–water partition coefficient (Wildman–Crippen LogP) is 2.00. The van der Waals surface area contributed by atoms with Crippen LogP contribution in [0.15, 0.2) is 36.8 Å². The van der Waals surface area contributed by atoms with Gasteiger partial charge in [-0.05, 0) is 24.6 Å². The van der Waals surface area contributed by atoms with Gasteiger partial charge in [0.25, 0.3) is 0 Å². The fourth-order valence-corrected chi connectivity index (χ4v) is 1.74. The van der Waals surface area contributed by atoms with Crippen molar-refractivity contribution >= 4 is 11.4 Å². The van der Waals surface area contributed by atoms with E-state index in [1.807, 2.05) is 25.4 Å². The van der Waals surface area contributed by atoms with Crippen LogP contribution in [0.4, 0.5) is 11.4 Å². The molecule has 0 unspecified atom stereocenters. The molecule has 0 radical (unpaired) electrons. The number of pyridine rings is 2. The van der Waals surface area contributed by atoms with Crippen LogP contribution in [-0.4, -0.2) is 17.0 Å². The Hall–Kier alpha value is -2.10. The summed E-state index contributed by atoms with van der Waals surface area (Å²) in [4.78, 5) is 10.4. The molecule has 2 aromatic rings. The first kappa shape index (κ1) is 11.4. The van der Waals surface area contributed by atoms with E-state index in [1.165, 1.54) is 5.56 Å². The van der Waals surface area contributed by atoms with Crippen LogP contribution in [0.25, 0.3) is 0 Å². The second kappa shape index (κ2) is 4.82. The fraction of sp³-hybridized carbons (Fsp3) is 0.231. The Morgan fingerprint density at radius 3 is 2.82 bits per heavy atom. The number of aromatic nitrogens is 2. The highest BCUT2D eigenvalue weighted by molar-refractivity contribution is 5.65. The highest BCUT2D eigenvalue weighted by atomic mass is 15.1.